The van der Waals surface area contributed by atoms with Gasteiger partial charge < -0.3 is 24.1 Å². The molecule has 0 aliphatic rings. The van der Waals surface area contributed by atoms with Crippen LogP contribution in [0, 0.1) is 0 Å². The Morgan fingerprint density at radius 2 is 1.56 bits per heavy atom. The maximum atomic E-state index is 13.4. The highest BCUT2D eigenvalue weighted by atomic mass is 16.5. The standard InChI is InChI=1S/C32H24N4O5/c1-39-28-16-24-26(17-29(28)40-2)33-19-34-32(24)41-22-12-8-9-20(15-22)35-31(38)25-18-36(21-10-4-3-5-11-21)27-14-7-6-13-23(27)30(25)37/h3-19H,1-2H3,(H,35,38). The molecule has 0 spiro atoms. The lowest BCUT2D eigenvalue weighted by Crippen LogP contribution is -2.23. The Morgan fingerprint density at radius 3 is 2.37 bits per heavy atom. The monoisotopic (exact) mass is 544 g/mol. The van der Waals surface area contributed by atoms with Gasteiger partial charge in [-0.25, -0.2) is 9.97 Å². The second kappa shape index (κ2) is 10.8. The fourth-order valence-electron chi connectivity index (χ4n) is 4.63. The van der Waals surface area contributed by atoms with E-state index in [-0.39, 0.29) is 11.0 Å². The van der Waals surface area contributed by atoms with Crippen LogP contribution >= 0.6 is 0 Å². The molecule has 9 heteroatoms. The summed E-state index contributed by atoms with van der Waals surface area (Å²) < 4.78 is 18.7. The number of benzene rings is 4. The van der Waals surface area contributed by atoms with Crippen LogP contribution in [0.15, 0.2) is 108 Å². The minimum absolute atomic E-state index is 0.0155. The molecule has 0 saturated carbocycles. The molecule has 6 aromatic rings. The van der Waals surface area contributed by atoms with Crippen LogP contribution in [0.1, 0.15) is 10.4 Å². The summed E-state index contributed by atoms with van der Waals surface area (Å²) in [5.41, 5.74) is 2.27. The topological polar surface area (TPSA) is 105 Å². The summed E-state index contributed by atoms with van der Waals surface area (Å²) in [5, 5.41) is 3.91. The molecule has 1 N–H and O–H groups in total. The zero-order valence-electron chi connectivity index (χ0n) is 22.2. The molecule has 2 heterocycles. The normalized spacial score (nSPS) is 10.9. The summed E-state index contributed by atoms with van der Waals surface area (Å²) in [6.45, 7) is 0. The van der Waals surface area contributed by atoms with Gasteiger partial charge >= 0.3 is 0 Å². The first-order valence-electron chi connectivity index (χ1n) is 12.7. The SMILES string of the molecule is COc1cc2ncnc(Oc3cccc(NC(=O)c4cn(-c5ccccc5)c5ccccc5c4=O)c3)c2cc1OC. The number of para-hydroxylation sites is 2. The van der Waals surface area contributed by atoms with Crippen LogP contribution in [0.5, 0.6) is 23.1 Å². The summed E-state index contributed by atoms with van der Waals surface area (Å²) in [4.78, 5) is 35.4. The van der Waals surface area contributed by atoms with Gasteiger partial charge in [0.25, 0.3) is 5.91 Å². The zero-order chi connectivity index (χ0) is 28.3. The zero-order valence-corrected chi connectivity index (χ0v) is 22.2. The van der Waals surface area contributed by atoms with E-state index in [1.54, 1.807) is 68.9 Å². The highest BCUT2D eigenvalue weighted by molar-refractivity contribution is 6.06. The third-order valence-electron chi connectivity index (χ3n) is 6.60. The molecule has 4 aromatic carbocycles. The number of nitrogens with one attached hydrogen (secondary N) is 1. The van der Waals surface area contributed by atoms with Crippen LogP contribution in [-0.4, -0.2) is 34.7 Å². The van der Waals surface area contributed by atoms with Crippen molar-refractivity contribution in [1.29, 1.82) is 0 Å². The number of nitrogens with zero attached hydrogens (tertiary/aromatic N) is 3. The molecule has 202 valence electrons. The highest BCUT2D eigenvalue weighted by Crippen LogP contribution is 2.36. The number of anilines is 1. The predicted octanol–water partition coefficient (Wildman–Crippen LogP) is 6.00. The van der Waals surface area contributed by atoms with Gasteiger partial charge in [-0.3, -0.25) is 9.59 Å². The van der Waals surface area contributed by atoms with Crippen molar-refractivity contribution in [2.45, 2.75) is 0 Å². The van der Waals surface area contributed by atoms with E-state index in [0.29, 0.717) is 50.6 Å². The molecule has 41 heavy (non-hydrogen) atoms. The van der Waals surface area contributed by atoms with Gasteiger partial charge in [0.2, 0.25) is 11.3 Å². The number of rotatable bonds is 7. The van der Waals surface area contributed by atoms with E-state index in [4.69, 9.17) is 14.2 Å². The number of amides is 1. The van der Waals surface area contributed by atoms with E-state index in [2.05, 4.69) is 15.3 Å². The molecule has 0 radical (unpaired) electrons. The van der Waals surface area contributed by atoms with E-state index in [9.17, 15) is 9.59 Å². The van der Waals surface area contributed by atoms with Crippen molar-refractivity contribution in [1.82, 2.24) is 14.5 Å². The minimum Gasteiger partial charge on any atom is -0.493 e. The molecule has 0 saturated heterocycles. The van der Waals surface area contributed by atoms with Crippen LogP contribution < -0.4 is 25.0 Å². The number of methoxy groups -OCH3 is 2. The predicted molar refractivity (Wildman–Crippen MR) is 157 cm³/mol. The van der Waals surface area contributed by atoms with Gasteiger partial charge in [0.1, 0.15) is 17.6 Å². The Balaban J connectivity index is 1.32. The average molecular weight is 545 g/mol. The van der Waals surface area contributed by atoms with Crippen molar-refractivity contribution in [3.8, 4) is 28.8 Å². The lowest BCUT2D eigenvalue weighted by atomic mass is 10.1. The Bertz CT molecular complexity index is 1970. The summed E-state index contributed by atoms with van der Waals surface area (Å²) in [6.07, 6.45) is 2.97. The van der Waals surface area contributed by atoms with Crippen molar-refractivity contribution in [3.63, 3.8) is 0 Å². The second-order valence-electron chi connectivity index (χ2n) is 9.08. The van der Waals surface area contributed by atoms with Crippen molar-refractivity contribution < 1.29 is 19.0 Å². The maximum absolute atomic E-state index is 13.4. The van der Waals surface area contributed by atoms with Gasteiger partial charge in [0.05, 0.1) is 30.6 Å². The van der Waals surface area contributed by atoms with Gasteiger partial charge in [0, 0.05) is 35.1 Å². The van der Waals surface area contributed by atoms with Gasteiger partial charge in [-0.05, 0) is 42.5 Å². The first-order chi connectivity index (χ1) is 20.1. The molecule has 0 fully saturated rings. The Hall–Kier alpha value is -5.70. The number of carbonyl (C=O) groups is 1. The van der Waals surface area contributed by atoms with E-state index >= 15 is 0 Å². The quantitative estimate of drug-likeness (QED) is 0.263. The number of carbonyl (C=O) groups excluding carboxylic acids is 1. The van der Waals surface area contributed by atoms with Crippen LogP contribution in [-0.2, 0) is 0 Å². The third kappa shape index (κ3) is 4.92. The van der Waals surface area contributed by atoms with Crippen molar-refractivity contribution in [2.24, 2.45) is 0 Å². The Morgan fingerprint density at radius 1 is 0.805 bits per heavy atom. The van der Waals surface area contributed by atoms with Gasteiger partial charge in [-0.15, -0.1) is 0 Å². The molecule has 0 aliphatic heterocycles. The van der Waals surface area contributed by atoms with Crippen LogP contribution in [0.4, 0.5) is 5.69 Å². The molecule has 6 rings (SSSR count). The molecule has 1 amide bonds. The van der Waals surface area contributed by atoms with E-state index < -0.39 is 5.91 Å². The lowest BCUT2D eigenvalue weighted by molar-refractivity contribution is 0.102. The summed E-state index contributed by atoms with van der Waals surface area (Å²) in [6, 6.07) is 27.1. The lowest BCUT2D eigenvalue weighted by Gasteiger charge is -2.14. The number of pyridine rings is 1. The summed E-state index contributed by atoms with van der Waals surface area (Å²) in [7, 11) is 3.10. The molecular weight excluding hydrogens is 520 g/mol. The van der Waals surface area contributed by atoms with Crippen molar-refractivity contribution in [2.75, 3.05) is 19.5 Å². The van der Waals surface area contributed by atoms with Crippen LogP contribution in [0.3, 0.4) is 0 Å². The number of hydrogen-bond acceptors (Lipinski definition) is 7. The molecule has 0 unspecified atom stereocenters. The number of ether oxygens (including phenoxy) is 3. The summed E-state index contributed by atoms with van der Waals surface area (Å²) >= 11 is 0. The number of fused-ring (bicyclic) bond motifs is 2. The molecule has 0 atom stereocenters. The van der Waals surface area contributed by atoms with Crippen LogP contribution in [0.25, 0.3) is 27.5 Å². The van der Waals surface area contributed by atoms with Crippen molar-refractivity contribution >= 4 is 33.4 Å². The van der Waals surface area contributed by atoms with Crippen LogP contribution in [0.2, 0.25) is 0 Å². The Kier molecular flexibility index (Phi) is 6.75. The fourth-order valence-corrected chi connectivity index (χ4v) is 4.63. The largest absolute Gasteiger partial charge is 0.493 e. The average Bonchev–Trinajstić information content (AvgIpc) is 3.01. The molecule has 9 nitrogen and oxygen atoms in total. The number of hydrogen-bond donors (Lipinski definition) is 1. The number of aromatic nitrogens is 3. The van der Waals surface area contributed by atoms with Gasteiger partial charge in [-0.1, -0.05) is 36.4 Å². The van der Waals surface area contributed by atoms with Gasteiger partial charge in [-0.2, -0.15) is 0 Å². The van der Waals surface area contributed by atoms with E-state index in [1.807, 2.05) is 47.0 Å². The van der Waals surface area contributed by atoms with Crippen molar-refractivity contribution in [3.05, 3.63) is 119 Å². The summed E-state index contributed by atoms with van der Waals surface area (Å²) in [5.74, 6) is 1.25. The molecule has 0 aliphatic carbocycles. The first kappa shape index (κ1) is 25.6. The second-order valence-corrected chi connectivity index (χ2v) is 9.08. The fraction of sp³-hybridized carbons (Fsp3) is 0.0625. The molecule has 0 bridgehead atoms. The van der Waals surface area contributed by atoms with E-state index in [0.717, 1.165) is 5.69 Å². The van der Waals surface area contributed by atoms with E-state index in [1.165, 1.54) is 6.33 Å². The molecular formula is C32H24N4O5. The minimum atomic E-state index is -0.535. The first-order valence-corrected chi connectivity index (χ1v) is 12.7. The Labute approximate surface area is 234 Å². The highest BCUT2D eigenvalue weighted by Gasteiger charge is 2.17. The van der Waals surface area contributed by atoms with Gasteiger partial charge in [0.15, 0.2) is 11.5 Å². The maximum Gasteiger partial charge on any atom is 0.261 e. The third-order valence-corrected chi connectivity index (χ3v) is 6.60. The smallest absolute Gasteiger partial charge is 0.261 e. The molecule has 2 aromatic heterocycles.